The molecular weight excluding hydrogens is 344 g/mol. The summed E-state index contributed by atoms with van der Waals surface area (Å²) < 4.78 is 1.10. The van der Waals surface area contributed by atoms with Crippen LogP contribution in [0.4, 0.5) is 0 Å². The zero-order chi connectivity index (χ0) is 15.6. The Kier molecular flexibility index (Phi) is 3.72. The Hall–Kier alpha value is -2.38. The molecule has 0 aliphatic rings. The highest BCUT2D eigenvalue weighted by Crippen LogP contribution is 2.24. The third-order valence-corrected chi connectivity index (χ3v) is 4.60. The summed E-state index contributed by atoms with van der Waals surface area (Å²) in [6, 6.07) is 28.0. The van der Waals surface area contributed by atoms with Gasteiger partial charge in [0.05, 0.1) is 0 Å². The highest BCUT2D eigenvalue weighted by atomic mass is 79.9. The van der Waals surface area contributed by atoms with E-state index < -0.39 is 0 Å². The summed E-state index contributed by atoms with van der Waals surface area (Å²) in [6.07, 6.45) is 4.31. The van der Waals surface area contributed by atoms with E-state index in [0.29, 0.717) is 0 Å². The van der Waals surface area contributed by atoms with Gasteiger partial charge in [-0.3, -0.25) is 0 Å². The van der Waals surface area contributed by atoms with Gasteiger partial charge in [-0.2, -0.15) is 0 Å². The normalized spacial score (nSPS) is 11.5. The van der Waals surface area contributed by atoms with Crippen LogP contribution in [0, 0.1) is 0 Å². The van der Waals surface area contributed by atoms with E-state index in [1.165, 1.54) is 32.7 Å². The van der Waals surface area contributed by atoms with Crippen LogP contribution in [0.2, 0.25) is 0 Å². The van der Waals surface area contributed by atoms with Crippen LogP contribution in [0.5, 0.6) is 0 Å². The van der Waals surface area contributed by atoms with Crippen LogP contribution in [0.1, 0.15) is 11.1 Å². The van der Waals surface area contributed by atoms with Crippen LogP contribution >= 0.6 is 15.9 Å². The van der Waals surface area contributed by atoms with E-state index in [4.69, 9.17) is 0 Å². The summed E-state index contributed by atoms with van der Waals surface area (Å²) in [5.74, 6) is 0. The summed E-state index contributed by atoms with van der Waals surface area (Å²) in [5.41, 5.74) is 2.42. The monoisotopic (exact) mass is 358 g/mol. The third kappa shape index (κ3) is 3.06. The van der Waals surface area contributed by atoms with Crippen LogP contribution in [0.15, 0.2) is 83.3 Å². The van der Waals surface area contributed by atoms with E-state index in [0.717, 1.165) is 4.47 Å². The maximum atomic E-state index is 3.46. The fourth-order valence-electron chi connectivity index (χ4n) is 2.83. The molecular formula is C22H15Br. The molecule has 0 nitrogen and oxygen atoms in total. The molecule has 0 fully saturated rings. The second-order valence-corrected chi connectivity index (χ2v) is 6.61. The minimum atomic E-state index is 1.10. The van der Waals surface area contributed by atoms with Crippen molar-refractivity contribution in [2.75, 3.05) is 0 Å². The van der Waals surface area contributed by atoms with Crippen molar-refractivity contribution < 1.29 is 0 Å². The SMILES string of the molecule is Brc1ccc(C=Cc2ccc3cc4ccccc4cc3c2)cc1. The number of rotatable bonds is 2. The van der Waals surface area contributed by atoms with Gasteiger partial charge in [0.1, 0.15) is 0 Å². The summed E-state index contributed by atoms with van der Waals surface area (Å²) in [6.45, 7) is 0. The van der Waals surface area contributed by atoms with Gasteiger partial charge >= 0.3 is 0 Å². The van der Waals surface area contributed by atoms with Crippen LogP contribution < -0.4 is 0 Å². The van der Waals surface area contributed by atoms with Crippen molar-refractivity contribution in [2.24, 2.45) is 0 Å². The van der Waals surface area contributed by atoms with Gasteiger partial charge in [0.15, 0.2) is 0 Å². The molecule has 0 spiro atoms. The Morgan fingerprint density at radius 2 is 1.09 bits per heavy atom. The molecule has 0 N–H and O–H groups in total. The maximum Gasteiger partial charge on any atom is 0.0175 e. The number of benzene rings is 4. The summed E-state index contributed by atoms with van der Waals surface area (Å²) in [5, 5.41) is 5.14. The molecule has 0 heterocycles. The summed E-state index contributed by atoms with van der Waals surface area (Å²) in [4.78, 5) is 0. The molecule has 0 amide bonds. The Balaban J connectivity index is 1.73. The van der Waals surface area contributed by atoms with Gasteiger partial charge < -0.3 is 0 Å². The number of hydrogen-bond donors (Lipinski definition) is 0. The lowest BCUT2D eigenvalue weighted by Gasteiger charge is -2.03. The highest BCUT2D eigenvalue weighted by molar-refractivity contribution is 9.10. The van der Waals surface area contributed by atoms with Gasteiger partial charge in [0.2, 0.25) is 0 Å². The van der Waals surface area contributed by atoms with Gasteiger partial charge in [-0.25, -0.2) is 0 Å². The van der Waals surface area contributed by atoms with E-state index in [9.17, 15) is 0 Å². The summed E-state index contributed by atoms with van der Waals surface area (Å²) >= 11 is 3.46. The minimum absolute atomic E-state index is 1.10. The lowest BCUT2D eigenvalue weighted by atomic mass is 10.0. The molecule has 0 aliphatic heterocycles. The molecule has 0 radical (unpaired) electrons. The van der Waals surface area contributed by atoms with E-state index >= 15 is 0 Å². The molecule has 1 heteroatoms. The average Bonchev–Trinajstić information content (AvgIpc) is 2.59. The lowest BCUT2D eigenvalue weighted by Crippen LogP contribution is -1.78. The zero-order valence-electron chi connectivity index (χ0n) is 12.5. The smallest absolute Gasteiger partial charge is 0.0175 e. The molecule has 0 unspecified atom stereocenters. The predicted octanol–water partition coefficient (Wildman–Crippen LogP) is 6.93. The Morgan fingerprint density at radius 1 is 0.522 bits per heavy atom. The lowest BCUT2D eigenvalue weighted by molar-refractivity contribution is 1.61. The van der Waals surface area contributed by atoms with Crippen molar-refractivity contribution >= 4 is 49.6 Å². The molecule has 23 heavy (non-hydrogen) atoms. The van der Waals surface area contributed by atoms with Gasteiger partial charge in [0, 0.05) is 4.47 Å². The first-order valence-corrected chi connectivity index (χ1v) is 8.43. The molecule has 4 aromatic carbocycles. The molecule has 0 saturated heterocycles. The maximum absolute atomic E-state index is 3.46. The first-order chi connectivity index (χ1) is 11.3. The topological polar surface area (TPSA) is 0 Å². The van der Waals surface area contributed by atoms with Gasteiger partial charge in [0.25, 0.3) is 0 Å². The fourth-order valence-corrected chi connectivity index (χ4v) is 3.09. The number of halogens is 1. The largest absolute Gasteiger partial charge is 0.0616 e. The summed E-state index contributed by atoms with van der Waals surface area (Å²) in [7, 11) is 0. The van der Waals surface area contributed by atoms with Crippen molar-refractivity contribution in [2.45, 2.75) is 0 Å². The molecule has 0 aliphatic carbocycles. The van der Waals surface area contributed by atoms with Crippen LogP contribution in [-0.4, -0.2) is 0 Å². The molecule has 0 atom stereocenters. The van der Waals surface area contributed by atoms with Gasteiger partial charge in [-0.05, 0) is 63.0 Å². The molecule has 0 aromatic heterocycles. The molecule has 4 rings (SSSR count). The van der Waals surface area contributed by atoms with Crippen molar-refractivity contribution in [3.8, 4) is 0 Å². The van der Waals surface area contributed by atoms with Crippen LogP contribution in [-0.2, 0) is 0 Å². The van der Waals surface area contributed by atoms with Crippen molar-refractivity contribution in [1.82, 2.24) is 0 Å². The van der Waals surface area contributed by atoms with Crippen molar-refractivity contribution in [3.63, 3.8) is 0 Å². The Bertz CT molecular complexity index is 1010. The minimum Gasteiger partial charge on any atom is -0.0616 e. The van der Waals surface area contributed by atoms with Crippen molar-refractivity contribution in [1.29, 1.82) is 0 Å². The predicted molar refractivity (Wildman–Crippen MR) is 105 cm³/mol. The fraction of sp³-hybridized carbons (Fsp3) is 0. The average molecular weight is 359 g/mol. The number of hydrogen-bond acceptors (Lipinski definition) is 0. The Labute approximate surface area is 144 Å². The van der Waals surface area contributed by atoms with E-state index in [1.54, 1.807) is 0 Å². The Morgan fingerprint density at radius 3 is 1.83 bits per heavy atom. The quantitative estimate of drug-likeness (QED) is 0.269. The molecule has 4 aromatic rings. The zero-order valence-corrected chi connectivity index (χ0v) is 14.1. The van der Waals surface area contributed by atoms with E-state index in [1.807, 2.05) is 0 Å². The first-order valence-electron chi connectivity index (χ1n) is 7.64. The van der Waals surface area contributed by atoms with Crippen molar-refractivity contribution in [3.05, 3.63) is 94.5 Å². The molecule has 110 valence electrons. The number of fused-ring (bicyclic) bond motifs is 2. The molecule has 0 saturated carbocycles. The van der Waals surface area contributed by atoms with Gasteiger partial charge in [-0.15, -0.1) is 0 Å². The second kappa shape index (κ2) is 6.02. The van der Waals surface area contributed by atoms with Crippen LogP contribution in [0.25, 0.3) is 33.7 Å². The van der Waals surface area contributed by atoms with Crippen LogP contribution in [0.3, 0.4) is 0 Å². The molecule has 0 bridgehead atoms. The standard InChI is InChI=1S/C22H15Br/c23-22-11-8-16(9-12-22)5-6-17-7-10-20-14-18-3-1-2-4-19(18)15-21(20)13-17/h1-15H. The third-order valence-electron chi connectivity index (χ3n) is 4.07. The van der Waals surface area contributed by atoms with E-state index in [2.05, 4.69) is 107 Å². The second-order valence-electron chi connectivity index (χ2n) is 5.69. The first kappa shape index (κ1) is 14.2. The van der Waals surface area contributed by atoms with E-state index in [-0.39, 0.29) is 0 Å². The highest BCUT2D eigenvalue weighted by Gasteiger charge is 1.98. The van der Waals surface area contributed by atoms with Gasteiger partial charge in [-0.1, -0.05) is 76.6 Å².